The molecule has 1 fully saturated rings. The summed E-state index contributed by atoms with van der Waals surface area (Å²) in [5, 5.41) is 14.3. The van der Waals surface area contributed by atoms with Crippen molar-refractivity contribution in [3.8, 4) is 23.8 Å². The van der Waals surface area contributed by atoms with Crippen molar-refractivity contribution < 1.29 is 19.2 Å². The highest BCUT2D eigenvalue weighted by molar-refractivity contribution is 9.10. The molecule has 3 rings (SSSR count). The van der Waals surface area contributed by atoms with Crippen molar-refractivity contribution in [1.29, 1.82) is 0 Å². The summed E-state index contributed by atoms with van der Waals surface area (Å²) < 4.78 is 11.5. The molecule has 0 saturated carbocycles. The summed E-state index contributed by atoms with van der Waals surface area (Å²) in [6, 6.07) is 6.62. The van der Waals surface area contributed by atoms with Gasteiger partial charge in [-0.2, -0.15) is 0 Å². The van der Waals surface area contributed by atoms with Gasteiger partial charge in [0.2, 0.25) is 0 Å². The van der Waals surface area contributed by atoms with Crippen molar-refractivity contribution in [3.05, 3.63) is 60.4 Å². The van der Waals surface area contributed by atoms with Crippen LogP contribution in [-0.4, -0.2) is 29.7 Å². The summed E-state index contributed by atoms with van der Waals surface area (Å²) in [5.41, 5.74) is 2.40. The Labute approximate surface area is 197 Å². The number of aliphatic imine (C=N–C) groups is 1. The Morgan fingerprint density at radius 1 is 1.34 bits per heavy atom. The van der Waals surface area contributed by atoms with Crippen LogP contribution in [0.4, 0.5) is 11.4 Å². The molecular weight excluding hydrogens is 498 g/mol. The van der Waals surface area contributed by atoms with E-state index in [9.17, 15) is 14.9 Å². The highest BCUT2D eigenvalue weighted by Crippen LogP contribution is 2.38. The average molecular weight is 516 g/mol. The van der Waals surface area contributed by atoms with Gasteiger partial charge < -0.3 is 14.8 Å². The molecule has 1 N–H and O–H groups in total. The van der Waals surface area contributed by atoms with E-state index >= 15 is 0 Å². The predicted octanol–water partition coefficient (Wildman–Crippen LogP) is 4.89. The molecule has 0 unspecified atom stereocenters. The number of nitro benzene ring substituents is 1. The second kappa shape index (κ2) is 9.89. The predicted molar refractivity (Wildman–Crippen MR) is 128 cm³/mol. The summed E-state index contributed by atoms with van der Waals surface area (Å²) in [6.45, 7) is 3.55. The number of terminal acetylenes is 1. The van der Waals surface area contributed by atoms with Crippen LogP contribution in [0.1, 0.15) is 16.7 Å². The van der Waals surface area contributed by atoms with Crippen LogP contribution >= 0.6 is 27.7 Å². The number of methoxy groups -OCH3 is 1. The monoisotopic (exact) mass is 515 g/mol. The molecule has 10 heteroatoms. The van der Waals surface area contributed by atoms with Crippen LogP contribution in [0.25, 0.3) is 6.08 Å². The van der Waals surface area contributed by atoms with Gasteiger partial charge in [0.25, 0.3) is 11.6 Å². The van der Waals surface area contributed by atoms with Crippen molar-refractivity contribution in [2.75, 3.05) is 13.7 Å². The third-order valence-corrected chi connectivity index (χ3v) is 6.05. The lowest BCUT2D eigenvalue weighted by molar-refractivity contribution is -0.385. The van der Waals surface area contributed by atoms with E-state index in [0.29, 0.717) is 42.9 Å². The zero-order chi connectivity index (χ0) is 23.4. The molecule has 1 aliphatic heterocycles. The molecule has 1 heterocycles. The summed E-state index contributed by atoms with van der Waals surface area (Å²) in [7, 11) is 1.51. The summed E-state index contributed by atoms with van der Waals surface area (Å²) in [4.78, 5) is 28.1. The Morgan fingerprint density at radius 2 is 2.09 bits per heavy atom. The van der Waals surface area contributed by atoms with Crippen LogP contribution in [-0.2, 0) is 4.79 Å². The number of carbonyl (C=O) groups is 1. The molecule has 32 heavy (non-hydrogen) atoms. The fourth-order valence-corrected chi connectivity index (χ4v) is 4.32. The second-order valence-electron chi connectivity index (χ2n) is 6.67. The maximum Gasteiger partial charge on any atom is 0.274 e. The summed E-state index contributed by atoms with van der Waals surface area (Å²) >= 11 is 4.57. The Morgan fingerprint density at radius 3 is 2.75 bits per heavy atom. The minimum Gasteiger partial charge on any atom is -0.493 e. The third kappa shape index (κ3) is 5.12. The number of amidine groups is 1. The van der Waals surface area contributed by atoms with E-state index in [1.807, 2.05) is 0 Å². The maximum absolute atomic E-state index is 12.4. The number of hydrogen-bond acceptors (Lipinski definition) is 7. The zero-order valence-corrected chi connectivity index (χ0v) is 19.8. The number of amides is 1. The van der Waals surface area contributed by atoms with Gasteiger partial charge in [-0.1, -0.05) is 5.92 Å². The van der Waals surface area contributed by atoms with Gasteiger partial charge in [0, 0.05) is 11.6 Å². The lowest BCUT2D eigenvalue weighted by Crippen LogP contribution is -2.19. The third-order valence-electron chi connectivity index (χ3n) is 4.55. The van der Waals surface area contributed by atoms with Gasteiger partial charge in [-0.3, -0.25) is 14.9 Å². The van der Waals surface area contributed by atoms with Gasteiger partial charge in [0.05, 0.1) is 27.1 Å². The number of nitrogens with one attached hydrogen (secondary N) is 1. The normalized spacial score (nSPS) is 15.5. The lowest BCUT2D eigenvalue weighted by Gasteiger charge is -2.12. The summed E-state index contributed by atoms with van der Waals surface area (Å²) in [5.74, 6) is 3.00. The largest absolute Gasteiger partial charge is 0.493 e. The van der Waals surface area contributed by atoms with E-state index in [-0.39, 0.29) is 18.2 Å². The fraction of sp³-hybridized carbons (Fsp3) is 0.182. The number of benzene rings is 2. The summed E-state index contributed by atoms with van der Waals surface area (Å²) in [6.07, 6.45) is 6.93. The first kappa shape index (κ1) is 23.4. The van der Waals surface area contributed by atoms with Crippen LogP contribution < -0.4 is 14.8 Å². The SMILES string of the molecule is C#CCOc1c(Br)cc(/C=C2\SC(=Nc3cc(C)c(C)c([N+](=O)[O-])c3)NC2=O)cc1OC. The molecule has 0 aliphatic carbocycles. The number of carbonyl (C=O) groups excluding carboxylic acids is 1. The highest BCUT2D eigenvalue weighted by atomic mass is 79.9. The van der Waals surface area contributed by atoms with Gasteiger partial charge in [0.1, 0.15) is 6.61 Å². The highest BCUT2D eigenvalue weighted by Gasteiger charge is 2.25. The standard InChI is InChI=1S/C22H18BrN3O5S/c1-5-6-31-20-16(23)8-14(9-18(20)30-4)10-19-21(27)25-22(32-19)24-15-7-12(2)13(3)17(11-15)26(28)29/h1,7-11H,6H2,2-4H3,(H,24,25,27)/b19-10-. The lowest BCUT2D eigenvalue weighted by atomic mass is 10.1. The van der Waals surface area contributed by atoms with Crippen LogP contribution in [0.3, 0.4) is 0 Å². The van der Waals surface area contributed by atoms with Gasteiger partial charge >= 0.3 is 0 Å². The first-order valence-corrected chi connectivity index (χ1v) is 10.8. The second-order valence-corrected chi connectivity index (χ2v) is 8.56. The number of halogens is 1. The molecule has 164 valence electrons. The van der Waals surface area contributed by atoms with E-state index < -0.39 is 4.92 Å². The van der Waals surface area contributed by atoms with E-state index in [0.717, 1.165) is 17.3 Å². The van der Waals surface area contributed by atoms with Gasteiger partial charge in [-0.15, -0.1) is 6.42 Å². The smallest absolute Gasteiger partial charge is 0.274 e. The molecule has 0 atom stereocenters. The topological polar surface area (TPSA) is 103 Å². The Balaban J connectivity index is 1.90. The van der Waals surface area contributed by atoms with Crippen molar-refractivity contribution in [2.24, 2.45) is 4.99 Å². The Hall–Kier alpha value is -3.29. The van der Waals surface area contributed by atoms with Gasteiger partial charge in [-0.05, 0) is 76.9 Å². The first-order chi connectivity index (χ1) is 15.2. The zero-order valence-electron chi connectivity index (χ0n) is 17.4. The van der Waals surface area contributed by atoms with Gasteiger partial charge in [-0.25, -0.2) is 4.99 Å². The molecule has 0 radical (unpaired) electrons. The molecule has 1 amide bonds. The minimum absolute atomic E-state index is 0.0153. The van der Waals surface area contributed by atoms with Crippen molar-refractivity contribution in [1.82, 2.24) is 5.32 Å². The van der Waals surface area contributed by atoms with Crippen LogP contribution in [0, 0.1) is 36.3 Å². The maximum atomic E-state index is 12.4. The van der Waals surface area contributed by atoms with Crippen LogP contribution in [0.15, 0.2) is 38.6 Å². The van der Waals surface area contributed by atoms with Gasteiger partial charge in [0.15, 0.2) is 16.7 Å². The van der Waals surface area contributed by atoms with Crippen molar-refractivity contribution in [2.45, 2.75) is 13.8 Å². The molecule has 0 spiro atoms. The molecule has 2 aromatic carbocycles. The number of aryl methyl sites for hydroxylation is 1. The Bertz CT molecular complexity index is 1220. The van der Waals surface area contributed by atoms with E-state index in [1.54, 1.807) is 38.1 Å². The number of thioether (sulfide) groups is 1. The molecule has 8 nitrogen and oxygen atoms in total. The molecular formula is C22H18BrN3O5S. The molecule has 0 aromatic heterocycles. The minimum atomic E-state index is -0.445. The van der Waals surface area contributed by atoms with Crippen LogP contribution in [0.2, 0.25) is 0 Å². The van der Waals surface area contributed by atoms with Crippen molar-refractivity contribution in [3.63, 3.8) is 0 Å². The quantitative estimate of drug-likeness (QED) is 0.254. The number of rotatable bonds is 6. The number of hydrogen-bond donors (Lipinski definition) is 1. The van der Waals surface area contributed by atoms with E-state index in [2.05, 4.69) is 32.2 Å². The number of ether oxygens (including phenoxy) is 2. The fourth-order valence-electron chi connectivity index (χ4n) is 2.90. The number of nitro groups is 1. The molecule has 1 aliphatic rings. The number of nitrogens with zero attached hydrogens (tertiary/aromatic N) is 2. The first-order valence-electron chi connectivity index (χ1n) is 9.22. The van der Waals surface area contributed by atoms with E-state index in [4.69, 9.17) is 15.9 Å². The van der Waals surface area contributed by atoms with Crippen molar-refractivity contribution >= 4 is 56.2 Å². The van der Waals surface area contributed by atoms with Crippen LogP contribution in [0.5, 0.6) is 11.5 Å². The Kier molecular flexibility index (Phi) is 7.22. The molecule has 1 saturated heterocycles. The average Bonchev–Trinajstić information content (AvgIpc) is 3.07. The molecule has 0 bridgehead atoms. The van der Waals surface area contributed by atoms with E-state index in [1.165, 1.54) is 13.2 Å². The molecule has 2 aromatic rings.